The molecule has 0 bridgehead atoms. The van der Waals surface area contributed by atoms with E-state index in [1.54, 1.807) is 30.5 Å². The van der Waals surface area contributed by atoms with E-state index in [-0.39, 0.29) is 17.2 Å². The monoisotopic (exact) mass is 711 g/mol. The van der Waals surface area contributed by atoms with Crippen LogP contribution in [0, 0.1) is 0 Å². The lowest BCUT2D eigenvalue weighted by Gasteiger charge is -2.14. The van der Waals surface area contributed by atoms with Crippen LogP contribution in [0.15, 0.2) is 115 Å². The van der Waals surface area contributed by atoms with Crippen LogP contribution >= 0.6 is 23.2 Å². The van der Waals surface area contributed by atoms with E-state index in [1.807, 2.05) is 18.2 Å². The smallest absolute Gasteiger partial charge is 0.337 e. The molecule has 2 aliphatic carbocycles. The van der Waals surface area contributed by atoms with Crippen molar-refractivity contribution in [2.45, 2.75) is 19.3 Å². The minimum Gasteiger partial charge on any atom is -0.478 e. The van der Waals surface area contributed by atoms with Gasteiger partial charge in [0.15, 0.2) is 0 Å². The maximum absolute atomic E-state index is 11.7. The molecule has 7 rings (SSSR count). The van der Waals surface area contributed by atoms with Crippen LogP contribution in [0.25, 0.3) is 33.5 Å². The zero-order valence-electron chi connectivity index (χ0n) is 26.4. The number of nitrogens with zero attached hydrogens (tertiary/aromatic N) is 1. The lowest BCUT2D eigenvalue weighted by atomic mass is 9.93. The number of hydrogen-bond acceptors (Lipinski definition) is 5. The highest BCUT2D eigenvalue weighted by molar-refractivity contribution is 7.92. The molecule has 0 aliphatic heterocycles. The second kappa shape index (κ2) is 14.2. The quantitative estimate of drug-likeness (QED) is 0.130. The molecule has 2 aliphatic rings. The van der Waals surface area contributed by atoms with Gasteiger partial charge in [0.1, 0.15) is 17.3 Å². The van der Waals surface area contributed by atoms with E-state index in [9.17, 15) is 18.3 Å². The fourth-order valence-corrected chi connectivity index (χ4v) is 6.52. The molecule has 1 atom stereocenters. The molecule has 0 radical (unpaired) electrons. The van der Waals surface area contributed by atoms with Gasteiger partial charge in [-0.2, -0.15) is 0 Å². The normalized spacial score (nSPS) is 12.0. The van der Waals surface area contributed by atoms with Crippen molar-refractivity contribution < 1.29 is 23.1 Å². The first-order valence-electron chi connectivity index (χ1n) is 15.3. The van der Waals surface area contributed by atoms with Gasteiger partial charge in [0.25, 0.3) is 0 Å². The molecule has 0 saturated heterocycles. The van der Waals surface area contributed by atoms with Crippen LogP contribution in [0.5, 0.6) is 11.5 Å². The number of halogens is 2. The minimum absolute atomic E-state index is 0.0687. The number of fused-ring (bicyclic) bond motifs is 1. The number of imidazole rings is 1. The van der Waals surface area contributed by atoms with Gasteiger partial charge in [-0.15, -0.1) is 0 Å². The van der Waals surface area contributed by atoms with Crippen molar-refractivity contribution in [2.24, 2.45) is 0 Å². The van der Waals surface area contributed by atoms with Gasteiger partial charge in [-0.3, -0.25) is 4.72 Å². The first-order chi connectivity index (χ1) is 23.5. The molecule has 0 fully saturated rings. The SMILES string of the molecule is CCC(c1ccc(-c2ccc(Oc3ccc(C(=O)O)c(NS(C)(=O)=O)c3)cc2)cc1)c1ncc(-c2ccc(Cl)cc2Cl)[nH]1.c1cc2cc-2c1. The standard InChI is InChI=1S/C32H27Cl2N3O5S.C6H4/c1-3-25(31-35-18-30(36-31)26-14-10-22(33)16-28(26)34)21-6-4-19(5-7-21)20-8-11-23(12-9-20)42-24-13-15-27(32(38)39)29(17-24)37-43(2,40)41;1-2-5-4-6(5)3-1/h4-18,25,37H,3H2,1-2H3,(H,35,36)(H,38,39);1-4H. The fraction of sp³-hybridized carbons (Fsp3) is 0.105. The third-order valence-corrected chi connectivity index (χ3v) is 9.06. The topological polar surface area (TPSA) is 121 Å². The largest absolute Gasteiger partial charge is 0.478 e. The fourth-order valence-electron chi connectivity index (χ4n) is 5.44. The molecular formula is C38H31Cl2N3O5S. The summed E-state index contributed by atoms with van der Waals surface area (Å²) in [7, 11) is -3.68. The first-order valence-corrected chi connectivity index (χ1v) is 18.0. The second-order valence-corrected chi connectivity index (χ2v) is 14.1. The number of benzene rings is 5. The van der Waals surface area contributed by atoms with Crippen LogP contribution in [0.2, 0.25) is 10.0 Å². The van der Waals surface area contributed by atoms with Crippen LogP contribution < -0.4 is 9.46 Å². The van der Waals surface area contributed by atoms with Gasteiger partial charge in [0, 0.05) is 22.6 Å². The Balaban J connectivity index is 0.000000617. The van der Waals surface area contributed by atoms with Gasteiger partial charge in [-0.25, -0.2) is 18.2 Å². The minimum atomic E-state index is -3.68. The van der Waals surface area contributed by atoms with Crippen molar-refractivity contribution in [1.82, 2.24) is 9.97 Å². The van der Waals surface area contributed by atoms with E-state index in [0.717, 1.165) is 46.4 Å². The van der Waals surface area contributed by atoms with Crippen LogP contribution in [-0.4, -0.2) is 35.7 Å². The molecule has 49 heavy (non-hydrogen) atoms. The maximum Gasteiger partial charge on any atom is 0.337 e. The highest BCUT2D eigenvalue weighted by Crippen LogP contribution is 2.35. The zero-order chi connectivity index (χ0) is 34.7. The Labute approximate surface area is 294 Å². The summed E-state index contributed by atoms with van der Waals surface area (Å²) in [5.41, 5.74) is 7.38. The van der Waals surface area contributed by atoms with E-state index in [4.69, 9.17) is 27.9 Å². The van der Waals surface area contributed by atoms with E-state index >= 15 is 0 Å². The zero-order valence-corrected chi connectivity index (χ0v) is 28.8. The maximum atomic E-state index is 11.7. The van der Waals surface area contributed by atoms with Crippen LogP contribution in [0.3, 0.4) is 0 Å². The van der Waals surface area contributed by atoms with E-state index in [0.29, 0.717) is 21.5 Å². The molecular weight excluding hydrogens is 681 g/mol. The van der Waals surface area contributed by atoms with Gasteiger partial charge in [0.2, 0.25) is 10.0 Å². The summed E-state index contributed by atoms with van der Waals surface area (Å²) in [5, 5.41) is 10.5. The summed E-state index contributed by atoms with van der Waals surface area (Å²) in [6, 6.07) is 33.7. The lowest BCUT2D eigenvalue weighted by Crippen LogP contribution is -2.13. The Morgan fingerprint density at radius 1 is 0.857 bits per heavy atom. The van der Waals surface area contributed by atoms with Crippen molar-refractivity contribution in [1.29, 1.82) is 0 Å². The molecule has 4 aromatic carbocycles. The van der Waals surface area contributed by atoms with Gasteiger partial charge in [-0.05, 0) is 82.8 Å². The first kappa shape index (κ1) is 33.8. The summed E-state index contributed by atoms with van der Waals surface area (Å²) >= 11 is 12.4. The van der Waals surface area contributed by atoms with Crippen molar-refractivity contribution >= 4 is 44.9 Å². The molecule has 1 heterocycles. The highest BCUT2D eigenvalue weighted by atomic mass is 35.5. The Kier molecular flexibility index (Phi) is 9.78. The van der Waals surface area contributed by atoms with Gasteiger partial charge in [-0.1, -0.05) is 84.7 Å². The summed E-state index contributed by atoms with van der Waals surface area (Å²) in [5.74, 6) is 0.464. The van der Waals surface area contributed by atoms with E-state index < -0.39 is 16.0 Å². The number of carboxylic acid groups (broad SMARTS) is 1. The van der Waals surface area contributed by atoms with Crippen molar-refractivity contribution in [3.8, 4) is 45.0 Å². The summed E-state index contributed by atoms with van der Waals surface area (Å²) < 4.78 is 31.5. The van der Waals surface area contributed by atoms with Crippen LogP contribution in [0.4, 0.5) is 5.69 Å². The number of ether oxygens (including phenoxy) is 1. The third kappa shape index (κ3) is 8.32. The molecule has 0 amide bonds. The van der Waals surface area contributed by atoms with E-state index in [2.05, 4.69) is 70.1 Å². The Hall–Kier alpha value is -5.09. The molecule has 11 heteroatoms. The summed E-state index contributed by atoms with van der Waals surface area (Å²) in [6.45, 7) is 2.12. The third-order valence-electron chi connectivity index (χ3n) is 7.92. The Morgan fingerprint density at radius 3 is 2.06 bits per heavy atom. The Bertz CT molecular complexity index is 2240. The molecule has 0 spiro atoms. The predicted octanol–water partition coefficient (Wildman–Crippen LogP) is 10.1. The van der Waals surface area contributed by atoms with Crippen molar-refractivity contribution in [3.05, 3.63) is 142 Å². The average Bonchev–Trinajstić information content (AvgIpc) is 3.39. The molecule has 248 valence electrons. The van der Waals surface area contributed by atoms with Crippen molar-refractivity contribution in [3.63, 3.8) is 0 Å². The molecule has 1 unspecified atom stereocenters. The lowest BCUT2D eigenvalue weighted by molar-refractivity contribution is 0.0698. The number of rotatable bonds is 10. The molecule has 0 saturated carbocycles. The number of nitrogens with one attached hydrogen (secondary N) is 2. The molecule has 1 aromatic heterocycles. The molecule has 5 aromatic rings. The summed E-state index contributed by atoms with van der Waals surface area (Å²) in [4.78, 5) is 19.5. The highest BCUT2D eigenvalue weighted by Gasteiger charge is 2.18. The van der Waals surface area contributed by atoms with Gasteiger partial charge in [0.05, 0.1) is 34.4 Å². The molecule has 3 N–H and O–H groups in total. The number of aromatic amines is 1. The van der Waals surface area contributed by atoms with Crippen LogP contribution in [-0.2, 0) is 10.0 Å². The number of H-pyrrole nitrogens is 1. The summed E-state index contributed by atoms with van der Waals surface area (Å²) in [6.07, 6.45) is 3.59. The number of sulfonamides is 1. The molecule has 8 nitrogen and oxygen atoms in total. The number of anilines is 1. The van der Waals surface area contributed by atoms with Crippen molar-refractivity contribution in [2.75, 3.05) is 11.0 Å². The number of aromatic carboxylic acids is 1. The predicted molar refractivity (Wildman–Crippen MR) is 195 cm³/mol. The van der Waals surface area contributed by atoms with Crippen LogP contribution in [0.1, 0.15) is 41.0 Å². The average molecular weight is 713 g/mol. The number of carboxylic acids is 1. The number of aromatic nitrogens is 2. The van der Waals surface area contributed by atoms with Gasteiger partial charge < -0.3 is 14.8 Å². The second-order valence-electron chi connectivity index (χ2n) is 11.5. The number of hydrogen-bond donors (Lipinski definition) is 3. The van der Waals surface area contributed by atoms with Gasteiger partial charge >= 0.3 is 5.97 Å². The van der Waals surface area contributed by atoms with E-state index in [1.165, 1.54) is 29.3 Å². The number of carbonyl (C=O) groups is 1. The Morgan fingerprint density at radius 2 is 1.51 bits per heavy atom.